The van der Waals surface area contributed by atoms with E-state index in [0.29, 0.717) is 4.83 Å². The van der Waals surface area contributed by atoms with Crippen LogP contribution in [0.3, 0.4) is 0 Å². The molecule has 1 heteroatoms. The molecule has 0 nitrogen and oxygen atoms in total. The SMILES string of the molecule is CC(C)(C)C(Br)c1ccc2ccccc2c1. The van der Waals surface area contributed by atoms with Crippen LogP contribution < -0.4 is 0 Å². The van der Waals surface area contributed by atoms with Gasteiger partial charge in [0.1, 0.15) is 0 Å². The number of benzene rings is 2. The maximum Gasteiger partial charge on any atom is 0.0443 e. The van der Waals surface area contributed by atoms with Crippen molar-refractivity contribution in [2.45, 2.75) is 25.6 Å². The molecule has 0 aliphatic heterocycles. The lowest BCUT2D eigenvalue weighted by Crippen LogP contribution is -2.12. The van der Waals surface area contributed by atoms with Gasteiger partial charge in [-0.3, -0.25) is 0 Å². The van der Waals surface area contributed by atoms with Crippen molar-refractivity contribution in [3.8, 4) is 0 Å². The van der Waals surface area contributed by atoms with Gasteiger partial charge in [0.05, 0.1) is 0 Å². The van der Waals surface area contributed by atoms with Crippen molar-refractivity contribution in [2.24, 2.45) is 5.41 Å². The van der Waals surface area contributed by atoms with Crippen molar-refractivity contribution in [1.82, 2.24) is 0 Å². The first-order chi connectivity index (χ1) is 7.48. The Balaban J connectivity index is 2.47. The quantitative estimate of drug-likeness (QED) is 0.619. The van der Waals surface area contributed by atoms with E-state index in [-0.39, 0.29) is 5.41 Å². The predicted octanol–water partition coefficient (Wildman–Crippen LogP) is 5.32. The molecule has 0 amide bonds. The molecule has 0 radical (unpaired) electrons. The van der Waals surface area contributed by atoms with Crippen LogP contribution in [0.25, 0.3) is 10.8 Å². The van der Waals surface area contributed by atoms with Crippen molar-refractivity contribution in [2.75, 3.05) is 0 Å². The molecule has 1 atom stereocenters. The van der Waals surface area contributed by atoms with E-state index in [2.05, 4.69) is 79.2 Å². The van der Waals surface area contributed by atoms with Crippen LogP contribution in [-0.2, 0) is 0 Å². The minimum Gasteiger partial charge on any atom is -0.0833 e. The number of alkyl halides is 1. The van der Waals surface area contributed by atoms with Gasteiger partial charge in [-0.05, 0) is 21.8 Å². The van der Waals surface area contributed by atoms with Crippen LogP contribution in [0.1, 0.15) is 31.2 Å². The lowest BCUT2D eigenvalue weighted by atomic mass is 9.87. The fraction of sp³-hybridized carbons (Fsp3) is 0.333. The molecule has 0 saturated heterocycles. The Morgan fingerprint density at radius 1 is 0.938 bits per heavy atom. The van der Waals surface area contributed by atoms with Crippen LogP contribution in [0.15, 0.2) is 42.5 Å². The van der Waals surface area contributed by atoms with Crippen LogP contribution in [0, 0.1) is 5.41 Å². The summed E-state index contributed by atoms with van der Waals surface area (Å²) in [6.07, 6.45) is 0. The van der Waals surface area contributed by atoms with E-state index >= 15 is 0 Å². The van der Waals surface area contributed by atoms with Crippen molar-refractivity contribution in [3.63, 3.8) is 0 Å². The highest BCUT2D eigenvalue weighted by molar-refractivity contribution is 9.09. The van der Waals surface area contributed by atoms with Gasteiger partial charge in [0, 0.05) is 4.83 Å². The molecule has 84 valence electrons. The molecule has 0 aromatic heterocycles. The Hall–Kier alpha value is -0.820. The van der Waals surface area contributed by atoms with Crippen LogP contribution >= 0.6 is 15.9 Å². The zero-order valence-electron chi connectivity index (χ0n) is 10.00. The summed E-state index contributed by atoms with van der Waals surface area (Å²) in [5.41, 5.74) is 1.59. The van der Waals surface area contributed by atoms with E-state index < -0.39 is 0 Å². The van der Waals surface area contributed by atoms with Crippen molar-refractivity contribution < 1.29 is 0 Å². The monoisotopic (exact) mass is 276 g/mol. The van der Waals surface area contributed by atoms with Gasteiger partial charge in [-0.25, -0.2) is 0 Å². The highest BCUT2D eigenvalue weighted by Crippen LogP contribution is 2.40. The summed E-state index contributed by atoms with van der Waals surface area (Å²) in [6, 6.07) is 15.2. The second-order valence-electron chi connectivity index (χ2n) is 5.34. The molecule has 0 spiro atoms. The molecule has 0 N–H and O–H groups in total. The van der Waals surface area contributed by atoms with E-state index in [1.165, 1.54) is 16.3 Å². The standard InChI is InChI=1S/C15H17Br/c1-15(2,3)14(16)13-9-8-11-6-4-5-7-12(11)10-13/h4-10,14H,1-3H3. The van der Waals surface area contributed by atoms with Crippen molar-refractivity contribution >= 4 is 26.7 Å². The lowest BCUT2D eigenvalue weighted by Gasteiger charge is -2.26. The molecule has 1 unspecified atom stereocenters. The van der Waals surface area contributed by atoms with E-state index in [4.69, 9.17) is 0 Å². The molecular weight excluding hydrogens is 260 g/mol. The highest BCUT2D eigenvalue weighted by Gasteiger charge is 2.23. The average molecular weight is 277 g/mol. The van der Waals surface area contributed by atoms with E-state index in [1.807, 2.05) is 0 Å². The molecule has 0 saturated carbocycles. The summed E-state index contributed by atoms with van der Waals surface area (Å²) in [5, 5.41) is 2.62. The molecule has 0 bridgehead atoms. The number of hydrogen-bond donors (Lipinski definition) is 0. The largest absolute Gasteiger partial charge is 0.0833 e. The number of halogens is 1. The van der Waals surface area contributed by atoms with Crippen LogP contribution in [0.2, 0.25) is 0 Å². The third-order valence-corrected chi connectivity index (χ3v) is 4.73. The maximum absolute atomic E-state index is 3.79. The number of fused-ring (bicyclic) bond motifs is 1. The summed E-state index contributed by atoms with van der Waals surface area (Å²) in [7, 11) is 0. The second kappa shape index (κ2) is 4.21. The van der Waals surface area contributed by atoms with Gasteiger partial charge in [0.2, 0.25) is 0 Å². The van der Waals surface area contributed by atoms with Crippen LogP contribution in [0.4, 0.5) is 0 Å². The Labute approximate surface area is 106 Å². The van der Waals surface area contributed by atoms with Gasteiger partial charge >= 0.3 is 0 Å². The normalized spacial score (nSPS) is 14.0. The summed E-state index contributed by atoms with van der Waals surface area (Å²) in [5.74, 6) is 0. The van der Waals surface area contributed by atoms with E-state index in [1.54, 1.807) is 0 Å². The molecule has 2 aromatic carbocycles. The molecule has 0 aliphatic rings. The summed E-state index contributed by atoms with van der Waals surface area (Å²) in [6.45, 7) is 6.75. The number of hydrogen-bond acceptors (Lipinski definition) is 0. The van der Waals surface area contributed by atoms with Gasteiger partial charge in [-0.15, -0.1) is 0 Å². The van der Waals surface area contributed by atoms with Crippen molar-refractivity contribution in [1.29, 1.82) is 0 Å². The third kappa shape index (κ3) is 2.30. The molecule has 2 rings (SSSR count). The molecule has 0 heterocycles. The second-order valence-corrected chi connectivity index (χ2v) is 6.25. The zero-order chi connectivity index (χ0) is 11.8. The van der Waals surface area contributed by atoms with Gasteiger partial charge in [0.25, 0.3) is 0 Å². The Morgan fingerprint density at radius 3 is 2.19 bits per heavy atom. The fourth-order valence-corrected chi connectivity index (χ4v) is 2.15. The smallest absolute Gasteiger partial charge is 0.0443 e. The third-order valence-electron chi connectivity index (χ3n) is 2.83. The molecule has 0 aliphatic carbocycles. The topological polar surface area (TPSA) is 0 Å². The van der Waals surface area contributed by atoms with Gasteiger partial charge in [-0.2, -0.15) is 0 Å². The predicted molar refractivity (Wildman–Crippen MR) is 75.1 cm³/mol. The molecule has 16 heavy (non-hydrogen) atoms. The zero-order valence-corrected chi connectivity index (χ0v) is 11.6. The first kappa shape index (κ1) is 11.7. The molecular formula is C15H17Br. The molecule has 2 aromatic rings. The van der Waals surface area contributed by atoms with Gasteiger partial charge < -0.3 is 0 Å². The van der Waals surface area contributed by atoms with Gasteiger partial charge in [0.15, 0.2) is 0 Å². The lowest BCUT2D eigenvalue weighted by molar-refractivity contribution is 0.407. The van der Waals surface area contributed by atoms with E-state index in [0.717, 1.165) is 0 Å². The van der Waals surface area contributed by atoms with Crippen molar-refractivity contribution in [3.05, 3.63) is 48.0 Å². The first-order valence-corrected chi connectivity index (χ1v) is 6.53. The Kier molecular flexibility index (Phi) is 3.07. The minimum absolute atomic E-state index is 0.239. The Bertz CT molecular complexity index is 494. The van der Waals surface area contributed by atoms with Crippen LogP contribution in [0.5, 0.6) is 0 Å². The summed E-state index contributed by atoms with van der Waals surface area (Å²) < 4.78 is 0. The average Bonchev–Trinajstić information content (AvgIpc) is 2.26. The Morgan fingerprint density at radius 2 is 1.56 bits per heavy atom. The minimum atomic E-state index is 0.239. The van der Waals surface area contributed by atoms with Crippen LogP contribution in [-0.4, -0.2) is 0 Å². The first-order valence-electron chi connectivity index (χ1n) is 5.61. The number of rotatable bonds is 1. The fourth-order valence-electron chi connectivity index (χ4n) is 1.87. The summed E-state index contributed by atoms with van der Waals surface area (Å²) >= 11 is 3.79. The maximum atomic E-state index is 3.79. The van der Waals surface area contributed by atoms with Gasteiger partial charge in [-0.1, -0.05) is 79.2 Å². The van der Waals surface area contributed by atoms with E-state index in [9.17, 15) is 0 Å². The highest BCUT2D eigenvalue weighted by atomic mass is 79.9. The molecule has 0 fully saturated rings. The summed E-state index contributed by atoms with van der Waals surface area (Å²) in [4.78, 5) is 0.393.